The topological polar surface area (TPSA) is 24.4 Å². The van der Waals surface area contributed by atoms with Crippen LogP contribution in [0.5, 0.6) is 0 Å². The molecule has 2 nitrogen and oxygen atoms in total. The number of nitrogens with zero attached hydrogens (tertiary/aromatic N) is 1. The molecule has 0 unspecified atom stereocenters. The molecule has 0 radical (unpaired) electrons. The van der Waals surface area contributed by atoms with Crippen molar-refractivity contribution >= 4 is 6.21 Å². The highest BCUT2D eigenvalue weighted by Crippen LogP contribution is 1.89. The van der Waals surface area contributed by atoms with E-state index in [1.54, 1.807) is 0 Å². The molecular formula is C9H20N2. The van der Waals surface area contributed by atoms with Gasteiger partial charge in [0, 0.05) is 12.8 Å². The summed E-state index contributed by atoms with van der Waals surface area (Å²) >= 11 is 0. The molecule has 0 aromatic carbocycles. The summed E-state index contributed by atoms with van der Waals surface area (Å²) in [6.45, 7) is 5.39. The molecule has 66 valence electrons. The second-order valence-corrected chi connectivity index (χ2v) is 2.72. The van der Waals surface area contributed by atoms with Gasteiger partial charge < -0.3 is 5.43 Å². The van der Waals surface area contributed by atoms with E-state index < -0.39 is 0 Å². The van der Waals surface area contributed by atoms with Crippen LogP contribution in [0.3, 0.4) is 0 Å². The van der Waals surface area contributed by atoms with Crippen molar-refractivity contribution < 1.29 is 0 Å². The van der Waals surface area contributed by atoms with Gasteiger partial charge in [0.05, 0.1) is 0 Å². The van der Waals surface area contributed by atoms with E-state index in [0.29, 0.717) is 0 Å². The third kappa shape index (κ3) is 9.47. The van der Waals surface area contributed by atoms with Gasteiger partial charge in [-0.2, -0.15) is 5.10 Å². The van der Waals surface area contributed by atoms with Crippen molar-refractivity contribution in [2.45, 2.75) is 46.0 Å². The molecule has 0 amide bonds. The first-order valence-electron chi connectivity index (χ1n) is 4.66. The number of nitrogens with one attached hydrogen (secondary N) is 1. The first-order valence-corrected chi connectivity index (χ1v) is 4.66. The fourth-order valence-electron chi connectivity index (χ4n) is 0.745. The molecule has 0 aromatic rings. The summed E-state index contributed by atoms with van der Waals surface area (Å²) in [6.07, 6.45) is 8.03. The van der Waals surface area contributed by atoms with Crippen LogP contribution in [0.25, 0.3) is 0 Å². The van der Waals surface area contributed by atoms with Crippen LogP contribution in [0.1, 0.15) is 46.0 Å². The lowest BCUT2D eigenvalue weighted by molar-refractivity contribution is 0.670. The van der Waals surface area contributed by atoms with Gasteiger partial charge in [0.1, 0.15) is 0 Å². The fourth-order valence-corrected chi connectivity index (χ4v) is 0.745. The zero-order chi connectivity index (χ0) is 8.36. The molecule has 0 saturated heterocycles. The maximum Gasteiger partial charge on any atom is 0.0329 e. The van der Waals surface area contributed by atoms with Crippen LogP contribution < -0.4 is 5.43 Å². The van der Waals surface area contributed by atoms with Gasteiger partial charge in [-0.15, -0.1) is 0 Å². The van der Waals surface area contributed by atoms with E-state index in [1.165, 1.54) is 25.7 Å². The molecule has 2 heteroatoms. The summed E-state index contributed by atoms with van der Waals surface area (Å²) in [7, 11) is 0. The zero-order valence-corrected chi connectivity index (χ0v) is 7.77. The Labute approximate surface area is 70.1 Å². The molecule has 0 aliphatic heterocycles. The minimum Gasteiger partial charge on any atom is -0.310 e. The fraction of sp³-hybridized carbons (Fsp3) is 0.889. The largest absolute Gasteiger partial charge is 0.310 e. The van der Waals surface area contributed by atoms with Crippen molar-refractivity contribution in [3.63, 3.8) is 0 Å². The van der Waals surface area contributed by atoms with E-state index in [1.807, 2.05) is 6.21 Å². The molecule has 1 N–H and O–H groups in total. The SMILES string of the molecule is CCCC/C=N/NCCCC. The van der Waals surface area contributed by atoms with Gasteiger partial charge in [-0.1, -0.05) is 26.7 Å². The standard InChI is InChI=1S/C9H20N2/c1-3-5-7-9-11-10-8-6-4-2/h9-10H,3-8H2,1-2H3/b11-9+. The summed E-state index contributed by atoms with van der Waals surface area (Å²) in [5.74, 6) is 0. The number of rotatable bonds is 7. The lowest BCUT2D eigenvalue weighted by atomic mass is 10.3. The van der Waals surface area contributed by atoms with Gasteiger partial charge in [-0.25, -0.2) is 0 Å². The van der Waals surface area contributed by atoms with Crippen LogP contribution in [0.2, 0.25) is 0 Å². The highest BCUT2D eigenvalue weighted by atomic mass is 15.3. The molecular weight excluding hydrogens is 136 g/mol. The van der Waals surface area contributed by atoms with E-state index in [4.69, 9.17) is 0 Å². The lowest BCUT2D eigenvalue weighted by Gasteiger charge is -1.95. The number of hydrogen-bond donors (Lipinski definition) is 1. The van der Waals surface area contributed by atoms with Gasteiger partial charge in [0.15, 0.2) is 0 Å². The molecule has 0 bridgehead atoms. The summed E-state index contributed by atoms with van der Waals surface area (Å²) in [5, 5.41) is 4.07. The van der Waals surface area contributed by atoms with Crippen molar-refractivity contribution in [2.24, 2.45) is 5.10 Å². The summed E-state index contributed by atoms with van der Waals surface area (Å²) in [4.78, 5) is 0. The maximum atomic E-state index is 4.07. The van der Waals surface area contributed by atoms with E-state index in [0.717, 1.165) is 13.0 Å². The second-order valence-electron chi connectivity index (χ2n) is 2.72. The first-order chi connectivity index (χ1) is 5.41. The monoisotopic (exact) mass is 156 g/mol. The van der Waals surface area contributed by atoms with Crippen molar-refractivity contribution in [1.29, 1.82) is 0 Å². The molecule has 0 fully saturated rings. The Morgan fingerprint density at radius 3 is 2.55 bits per heavy atom. The molecule has 0 saturated carbocycles. The Kier molecular flexibility index (Phi) is 9.01. The zero-order valence-electron chi connectivity index (χ0n) is 7.77. The Morgan fingerprint density at radius 1 is 1.18 bits per heavy atom. The third-order valence-corrected chi connectivity index (χ3v) is 1.51. The van der Waals surface area contributed by atoms with Gasteiger partial charge in [0.25, 0.3) is 0 Å². The Hall–Kier alpha value is -0.530. The quantitative estimate of drug-likeness (QED) is 0.342. The summed E-state index contributed by atoms with van der Waals surface area (Å²) in [5.41, 5.74) is 3.01. The average Bonchev–Trinajstić information content (AvgIpc) is 2.03. The highest BCUT2D eigenvalue weighted by Gasteiger charge is 1.80. The Balaban J connectivity index is 2.91. The van der Waals surface area contributed by atoms with Gasteiger partial charge >= 0.3 is 0 Å². The predicted octanol–water partition coefficient (Wildman–Crippen LogP) is 2.55. The minimum absolute atomic E-state index is 1.01. The van der Waals surface area contributed by atoms with Crippen LogP contribution >= 0.6 is 0 Å². The lowest BCUT2D eigenvalue weighted by Crippen LogP contribution is -2.06. The molecule has 0 heterocycles. The molecule has 11 heavy (non-hydrogen) atoms. The van der Waals surface area contributed by atoms with E-state index >= 15 is 0 Å². The molecule has 0 aliphatic carbocycles. The molecule has 0 atom stereocenters. The highest BCUT2D eigenvalue weighted by molar-refractivity contribution is 5.56. The summed E-state index contributed by atoms with van der Waals surface area (Å²) in [6, 6.07) is 0. The predicted molar refractivity (Wildman–Crippen MR) is 50.9 cm³/mol. The third-order valence-electron chi connectivity index (χ3n) is 1.51. The van der Waals surface area contributed by atoms with Crippen LogP contribution in [0.4, 0.5) is 0 Å². The smallest absolute Gasteiger partial charge is 0.0329 e. The second kappa shape index (κ2) is 9.47. The molecule has 0 aromatic heterocycles. The van der Waals surface area contributed by atoms with Gasteiger partial charge in [-0.3, -0.25) is 0 Å². The normalized spacial score (nSPS) is 10.7. The van der Waals surface area contributed by atoms with Crippen LogP contribution in [-0.4, -0.2) is 12.8 Å². The molecule has 0 rings (SSSR count). The molecule has 0 spiro atoms. The van der Waals surface area contributed by atoms with Gasteiger partial charge in [-0.05, 0) is 19.3 Å². The van der Waals surface area contributed by atoms with Crippen LogP contribution in [0.15, 0.2) is 5.10 Å². The van der Waals surface area contributed by atoms with Crippen LogP contribution in [0, 0.1) is 0 Å². The molecule has 0 aliphatic rings. The number of unbranched alkanes of at least 4 members (excludes halogenated alkanes) is 3. The number of hydrazone groups is 1. The van der Waals surface area contributed by atoms with Gasteiger partial charge in [0.2, 0.25) is 0 Å². The first kappa shape index (κ1) is 10.5. The van der Waals surface area contributed by atoms with E-state index in [2.05, 4.69) is 24.4 Å². The summed E-state index contributed by atoms with van der Waals surface area (Å²) < 4.78 is 0. The Morgan fingerprint density at radius 2 is 1.91 bits per heavy atom. The number of hydrogen-bond acceptors (Lipinski definition) is 2. The van der Waals surface area contributed by atoms with E-state index in [9.17, 15) is 0 Å². The minimum atomic E-state index is 1.01. The Bertz CT molecular complexity index is 89.6. The van der Waals surface area contributed by atoms with Crippen molar-refractivity contribution in [1.82, 2.24) is 5.43 Å². The van der Waals surface area contributed by atoms with Crippen molar-refractivity contribution in [3.05, 3.63) is 0 Å². The van der Waals surface area contributed by atoms with Crippen LogP contribution in [-0.2, 0) is 0 Å². The van der Waals surface area contributed by atoms with Crippen molar-refractivity contribution in [3.8, 4) is 0 Å². The maximum absolute atomic E-state index is 4.07. The average molecular weight is 156 g/mol. The van der Waals surface area contributed by atoms with E-state index in [-0.39, 0.29) is 0 Å². The van der Waals surface area contributed by atoms with Crippen molar-refractivity contribution in [2.75, 3.05) is 6.54 Å².